The van der Waals surface area contributed by atoms with Crippen molar-refractivity contribution in [3.8, 4) is 11.5 Å². The number of rotatable bonds is 8. The third-order valence-electron chi connectivity index (χ3n) is 6.36. The highest BCUT2D eigenvalue weighted by molar-refractivity contribution is 7.92. The van der Waals surface area contributed by atoms with E-state index in [1.807, 2.05) is 18.2 Å². The molecule has 0 fully saturated rings. The predicted molar refractivity (Wildman–Crippen MR) is 137 cm³/mol. The highest BCUT2D eigenvalue weighted by atomic mass is 32.2. The molecule has 3 aromatic carbocycles. The number of anilines is 1. The van der Waals surface area contributed by atoms with Crippen molar-refractivity contribution in [1.82, 2.24) is 5.32 Å². The van der Waals surface area contributed by atoms with Crippen LogP contribution in [0.25, 0.3) is 0 Å². The van der Waals surface area contributed by atoms with Gasteiger partial charge in [-0.25, -0.2) is 12.8 Å². The first-order valence-electron chi connectivity index (χ1n) is 11.6. The molecule has 1 aliphatic rings. The summed E-state index contributed by atoms with van der Waals surface area (Å²) in [5.41, 5.74) is 2.55. The molecule has 0 saturated heterocycles. The smallest absolute Gasteiger partial charge is 0.254 e. The minimum atomic E-state index is -3.92. The van der Waals surface area contributed by atoms with Crippen LogP contribution in [0.15, 0.2) is 60.7 Å². The Morgan fingerprint density at radius 2 is 1.72 bits per heavy atom. The van der Waals surface area contributed by atoms with Gasteiger partial charge in [0.1, 0.15) is 5.82 Å². The Kier molecular flexibility index (Phi) is 7.49. The molecule has 9 heteroatoms. The Morgan fingerprint density at radius 1 is 1.06 bits per heavy atom. The zero-order valence-electron chi connectivity index (χ0n) is 20.5. The maximum atomic E-state index is 14.5. The van der Waals surface area contributed by atoms with E-state index in [1.54, 1.807) is 6.07 Å². The van der Waals surface area contributed by atoms with Gasteiger partial charge in [0.2, 0.25) is 10.0 Å². The highest BCUT2D eigenvalue weighted by Gasteiger charge is 2.29. The van der Waals surface area contributed by atoms with Crippen LogP contribution in [-0.4, -0.2) is 34.8 Å². The maximum Gasteiger partial charge on any atom is 0.254 e. The quantitative estimate of drug-likeness (QED) is 0.476. The second kappa shape index (κ2) is 10.6. The van der Waals surface area contributed by atoms with Crippen LogP contribution >= 0.6 is 0 Å². The third kappa shape index (κ3) is 5.31. The van der Waals surface area contributed by atoms with Crippen molar-refractivity contribution >= 4 is 21.6 Å². The molecule has 36 heavy (non-hydrogen) atoms. The molecule has 1 aliphatic carbocycles. The van der Waals surface area contributed by atoms with E-state index < -0.39 is 21.7 Å². The van der Waals surface area contributed by atoms with Gasteiger partial charge in [-0.05, 0) is 42.5 Å². The Labute approximate surface area is 210 Å². The molecule has 0 unspecified atom stereocenters. The Hall–Kier alpha value is -3.59. The van der Waals surface area contributed by atoms with Crippen molar-refractivity contribution < 1.29 is 27.1 Å². The second-order valence-corrected chi connectivity index (χ2v) is 10.6. The average molecular weight is 513 g/mol. The molecule has 1 N–H and O–H groups in total. The van der Waals surface area contributed by atoms with Crippen LogP contribution in [0.5, 0.6) is 11.5 Å². The minimum absolute atomic E-state index is 0.0694. The fraction of sp³-hybridized carbons (Fsp3) is 0.296. The molecule has 3 aromatic rings. The van der Waals surface area contributed by atoms with Gasteiger partial charge in [0.05, 0.1) is 44.3 Å². The van der Waals surface area contributed by atoms with Gasteiger partial charge < -0.3 is 14.8 Å². The standard InChI is InChI=1S/C27H29FN2O5S/c1-34-25-15-21(27(31)29-23-14-8-11-18-9-4-6-12-20(18)23)24(16-26(25)35-2)30(36(3,32)33)17-19-10-5-7-13-22(19)28/h4-7,9-10,12-13,15-16,23H,8,11,14,17H2,1-3H3,(H,29,31)/t23-/m0/s1. The van der Waals surface area contributed by atoms with Crippen LogP contribution in [0.4, 0.5) is 10.1 Å². The lowest BCUT2D eigenvalue weighted by atomic mass is 9.87. The third-order valence-corrected chi connectivity index (χ3v) is 7.49. The number of sulfonamides is 1. The number of benzene rings is 3. The molecule has 0 bridgehead atoms. The summed E-state index contributed by atoms with van der Waals surface area (Å²) in [7, 11) is -1.07. The largest absolute Gasteiger partial charge is 0.493 e. The zero-order valence-corrected chi connectivity index (χ0v) is 21.3. The van der Waals surface area contributed by atoms with Crippen LogP contribution < -0.4 is 19.1 Å². The van der Waals surface area contributed by atoms with E-state index in [9.17, 15) is 17.6 Å². The van der Waals surface area contributed by atoms with Gasteiger partial charge >= 0.3 is 0 Å². The topological polar surface area (TPSA) is 84.9 Å². The second-order valence-electron chi connectivity index (χ2n) is 8.70. The Bertz CT molecular complexity index is 1380. The first-order chi connectivity index (χ1) is 17.2. The average Bonchev–Trinajstić information content (AvgIpc) is 2.87. The molecule has 1 atom stereocenters. The summed E-state index contributed by atoms with van der Waals surface area (Å²) in [5.74, 6) is -0.490. The fourth-order valence-electron chi connectivity index (χ4n) is 4.56. The van der Waals surface area contributed by atoms with Gasteiger partial charge in [0.25, 0.3) is 5.91 Å². The molecular weight excluding hydrogens is 483 g/mol. The van der Waals surface area contributed by atoms with E-state index >= 15 is 0 Å². The number of hydrogen-bond donors (Lipinski definition) is 1. The predicted octanol–water partition coefficient (Wildman–Crippen LogP) is 4.62. The van der Waals surface area contributed by atoms with E-state index in [0.717, 1.165) is 35.4 Å². The van der Waals surface area contributed by atoms with Crippen molar-refractivity contribution in [1.29, 1.82) is 0 Å². The molecule has 4 rings (SSSR count). The Balaban J connectivity index is 1.79. The lowest BCUT2D eigenvalue weighted by Gasteiger charge is -2.29. The van der Waals surface area contributed by atoms with Crippen molar-refractivity contribution in [2.45, 2.75) is 31.8 Å². The number of halogens is 1. The summed E-state index contributed by atoms with van der Waals surface area (Å²) < 4.78 is 52.1. The fourth-order valence-corrected chi connectivity index (χ4v) is 5.44. The molecule has 1 amide bonds. The number of ether oxygens (including phenoxy) is 2. The van der Waals surface area contributed by atoms with Crippen molar-refractivity contribution in [3.05, 3.63) is 88.7 Å². The SMILES string of the molecule is COc1cc(C(=O)N[C@H]2CCCc3ccccc32)c(N(Cc2ccccc2F)S(C)(=O)=O)cc1OC. The summed E-state index contributed by atoms with van der Waals surface area (Å²) in [6.07, 6.45) is 3.64. The number of amides is 1. The van der Waals surface area contributed by atoms with E-state index in [4.69, 9.17) is 9.47 Å². The molecule has 0 spiro atoms. The van der Waals surface area contributed by atoms with E-state index in [0.29, 0.717) is 0 Å². The van der Waals surface area contributed by atoms with Gasteiger partial charge in [0.15, 0.2) is 11.5 Å². The minimum Gasteiger partial charge on any atom is -0.493 e. The summed E-state index contributed by atoms with van der Waals surface area (Å²) >= 11 is 0. The first-order valence-corrected chi connectivity index (χ1v) is 13.4. The molecule has 0 aromatic heterocycles. The van der Waals surface area contributed by atoms with Gasteiger partial charge in [0, 0.05) is 11.6 Å². The van der Waals surface area contributed by atoms with Crippen molar-refractivity contribution in [2.24, 2.45) is 0 Å². The van der Waals surface area contributed by atoms with Gasteiger partial charge in [-0.2, -0.15) is 0 Å². The first kappa shape index (κ1) is 25.5. The molecule has 0 aliphatic heterocycles. The molecule has 0 radical (unpaired) electrons. The van der Waals surface area contributed by atoms with Gasteiger partial charge in [-0.1, -0.05) is 42.5 Å². The van der Waals surface area contributed by atoms with Crippen LogP contribution in [0.3, 0.4) is 0 Å². The lowest BCUT2D eigenvalue weighted by molar-refractivity contribution is 0.0933. The van der Waals surface area contributed by atoms with Crippen molar-refractivity contribution in [2.75, 3.05) is 24.8 Å². The molecule has 0 heterocycles. The lowest BCUT2D eigenvalue weighted by Crippen LogP contribution is -2.35. The number of carbonyl (C=O) groups is 1. The number of aryl methyl sites for hydroxylation is 1. The van der Waals surface area contributed by atoms with E-state index in [-0.39, 0.29) is 40.9 Å². The monoisotopic (exact) mass is 512 g/mol. The highest BCUT2D eigenvalue weighted by Crippen LogP contribution is 2.38. The molecule has 190 valence electrons. The summed E-state index contributed by atoms with van der Waals surface area (Å²) in [5, 5.41) is 3.07. The number of nitrogens with zero attached hydrogens (tertiary/aromatic N) is 1. The van der Waals surface area contributed by atoms with Crippen LogP contribution in [0, 0.1) is 5.82 Å². The number of nitrogens with one attached hydrogen (secondary N) is 1. The number of hydrogen-bond acceptors (Lipinski definition) is 5. The molecular formula is C27H29FN2O5S. The van der Waals surface area contributed by atoms with Crippen LogP contribution in [-0.2, 0) is 23.0 Å². The molecule has 7 nitrogen and oxygen atoms in total. The normalized spacial score (nSPS) is 15.1. The Morgan fingerprint density at radius 3 is 2.42 bits per heavy atom. The van der Waals surface area contributed by atoms with Gasteiger partial charge in [-0.15, -0.1) is 0 Å². The zero-order chi connectivity index (χ0) is 25.9. The van der Waals surface area contributed by atoms with Gasteiger partial charge in [-0.3, -0.25) is 9.10 Å². The van der Waals surface area contributed by atoms with E-state index in [2.05, 4.69) is 11.4 Å². The number of carbonyl (C=O) groups excluding carboxylic acids is 1. The van der Waals surface area contributed by atoms with E-state index in [1.165, 1.54) is 50.1 Å². The van der Waals surface area contributed by atoms with Crippen LogP contribution in [0.2, 0.25) is 0 Å². The number of fused-ring (bicyclic) bond motifs is 1. The van der Waals surface area contributed by atoms with Crippen molar-refractivity contribution in [3.63, 3.8) is 0 Å². The van der Waals surface area contributed by atoms with Crippen LogP contribution in [0.1, 0.15) is 45.9 Å². The summed E-state index contributed by atoms with van der Waals surface area (Å²) in [4.78, 5) is 13.7. The number of methoxy groups -OCH3 is 2. The summed E-state index contributed by atoms with van der Waals surface area (Å²) in [6, 6.07) is 16.6. The molecule has 0 saturated carbocycles. The summed E-state index contributed by atoms with van der Waals surface area (Å²) in [6.45, 7) is -0.298. The maximum absolute atomic E-state index is 14.5.